The molecule has 3 nitrogen and oxygen atoms in total. The second kappa shape index (κ2) is 10.8. The van der Waals surface area contributed by atoms with E-state index in [1.54, 1.807) is 7.11 Å². The average Bonchev–Trinajstić information content (AvgIpc) is 2.51. The fourth-order valence-corrected chi connectivity index (χ4v) is 2.99. The third-order valence-electron chi connectivity index (χ3n) is 4.21. The molecule has 3 heteroatoms. The van der Waals surface area contributed by atoms with Crippen LogP contribution in [0.2, 0.25) is 0 Å². The van der Waals surface area contributed by atoms with E-state index in [1.165, 1.54) is 19.3 Å². The van der Waals surface area contributed by atoms with E-state index < -0.39 is 5.60 Å². The maximum atomic E-state index is 9.56. The van der Waals surface area contributed by atoms with Crippen LogP contribution in [0.1, 0.15) is 71.1 Å². The molecule has 0 spiro atoms. The van der Waals surface area contributed by atoms with E-state index in [0.29, 0.717) is 12.7 Å². The van der Waals surface area contributed by atoms with Crippen LogP contribution in [0, 0.1) is 11.3 Å². The molecule has 21 heavy (non-hydrogen) atoms. The molecule has 1 heterocycles. The fraction of sp³-hybridized carbons (Fsp3) is 0.833. The first kappa shape index (κ1) is 18.2. The first-order valence-electron chi connectivity index (χ1n) is 8.49. The number of nitrogens with zero attached hydrogens (tertiary/aromatic N) is 1. The van der Waals surface area contributed by atoms with Gasteiger partial charge in [0.05, 0.1) is 18.8 Å². The van der Waals surface area contributed by atoms with E-state index in [9.17, 15) is 5.26 Å². The molecule has 0 aromatic heterocycles. The van der Waals surface area contributed by atoms with Crippen molar-refractivity contribution >= 4 is 0 Å². The Balaban J connectivity index is 2.34. The Kier molecular flexibility index (Phi) is 9.37. The summed E-state index contributed by atoms with van der Waals surface area (Å²) in [6, 6.07) is 2.47. The van der Waals surface area contributed by atoms with Crippen LogP contribution in [0.15, 0.2) is 12.2 Å². The first-order valence-corrected chi connectivity index (χ1v) is 8.49. The van der Waals surface area contributed by atoms with Crippen LogP contribution in [0.4, 0.5) is 0 Å². The van der Waals surface area contributed by atoms with Crippen LogP contribution in [0.3, 0.4) is 0 Å². The van der Waals surface area contributed by atoms with Gasteiger partial charge >= 0.3 is 0 Å². The number of rotatable bonds is 10. The quantitative estimate of drug-likeness (QED) is 0.430. The molecule has 0 unspecified atom stereocenters. The summed E-state index contributed by atoms with van der Waals surface area (Å²) in [4.78, 5) is 0. The highest BCUT2D eigenvalue weighted by atomic mass is 16.5. The van der Waals surface area contributed by atoms with Crippen molar-refractivity contribution < 1.29 is 9.47 Å². The minimum absolute atomic E-state index is 0.300. The minimum Gasteiger partial charge on any atom is -0.381 e. The molecule has 120 valence electrons. The number of unbranched alkanes of at least 4 members (excludes halogenated alkanes) is 3. The van der Waals surface area contributed by atoms with Gasteiger partial charge in [-0.2, -0.15) is 5.26 Å². The van der Waals surface area contributed by atoms with Crippen LogP contribution in [-0.2, 0) is 9.47 Å². The lowest BCUT2D eigenvalue weighted by molar-refractivity contribution is -0.102. The number of allylic oxidation sites excluding steroid dienone is 1. The van der Waals surface area contributed by atoms with Crippen molar-refractivity contribution in [1.82, 2.24) is 0 Å². The zero-order valence-electron chi connectivity index (χ0n) is 13.8. The summed E-state index contributed by atoms with van der Waals surface area (Å²) in [5.74, 6) is 0. The lowest BCUT2D eigenvalue weighted by Crippen LogP contribution is -2.39. The zero-order valence-corrected chi connectivity index (χ0v) is 13.8. The molecule has 1 aliphatic rings. The molecule has 0 aromatic carbocycles. The van der Waals surface area contributed by atoms with Crippen molar-refractivity contribution in [3.63, 3.8) is 0 Å². The van der Waals surface area contributed by atoms with Gasteiger partial charge in [-0.05, 0) is 44.9 Å². The molecular formula is C18H31NO2. The van der Waals surface area contributed by atoms with Gasteiger partial charge < -0.3 is 9.47 Å². The molecule has 1 saturated heterocycles. The molecule has 0 aliphatic carbocycles. The number of hydrogen-bond donors (Lipinski definition) is 0. The summed E-state index contributed by atoms with van der Waals surface area (Å²) < 4.78 is 11.2. The van der Waals surface area contributed by atoms with Crippen LogP contribution in [0.25, 0.3) is 0 Å². The number of methoxy groups -OCH3 is 1. The summed E-state index contributed by atoms with van der Waals surface area (Å²) >= 11 is 0. The van der Waals surface area contributed by atoms with Crippen LogP contribution in [-0.4, -0.2) is 25.4 Å². The average molecular weight is 293 g/mol. The summed E-state index contributed by atoms with van der Waals surface area (Å²) in [5, 5.41) is 9.56. The van der Waals surface area contributed by atoms with Gasteiger partial charge in [-0.3, -0.25) is 0 Å². The van der Waals surface area contributed by atoms with E-state index in [0.717, 1.165) is 44.9 Å². The van der Waals surface area contributed by atoms with Crippen molar-refractivity contribution in [2.24, 2.45) is 0 Å². The molecule has 0 N–H and O–H groups in total. The maximum absolute atomic E-state index is 9.56. The van der Waals surface area contributed by atoms with Gasteiger partial charge in [0.15, 0.2) is 5.60 Å². The van der Waals surface area contributed by atoms with Crippen LogP contribution in [0.5, 0.6) is 0 Å². The minimum atomic E-state index is -0.524. The van der Waals surface area contributed by atoms with Gasteiger partial charge in [0.2, 0.25) is 0 Å². The second-order valence-corrected chi connectivity index (χ2v) is 6.05. The third kappa shape index (κ3) is 7.11. The van der Waals surface area contributed by atoms with Crippen molar-refractivity contribution in [2.75, 3.05) is 13.7 Å². The largest absolute Gasteiger partial charge is 0.381 e. The van der Waals surface area contributed by atoms with Gasteiger partial charge in [-0.15, -0.1) is 0 Å². The van der Waals surface area contributed by atoms with E-state index >= 15 is 0 Å². The van der Waals surface area contributed by atoms with Crippen LogP contribution < -0.4 is 0 Å². The maximum Gasteiger partial charge on any atom is 0.154 e. The SMILES string of the molecule is CCCCC[C@H]1CCC[C@@](C#N)(CCC/C=C\COC)O1. The molecule has 0 bridgehead atoms. The Morgan fingerprint density at radius 2 is 2.19 bits per heavy atom. The number of hydrogen-bond acceptors (Lipinski definition) is 3. The number of nitriles is 1. The Hall–Kier alpha value is -0.850. The Bertz CT molecular complexity index is 335. The van der Waals surface area contributed by atoms with E-state index in [-0.39, 0.29) is 0 Å². The zero-order chi connectivity index (χ0) is 15.4. The van der Waals surface area contributed by atoms with Crippen molar-refractivity contribution in [2.45, 2.75) is 82.8 Å². The summed E-state index contributed by atoms with van der Waals surface area (Å²) in [6.07, 6.45) is 15.3. The molecule has 1 aliphatic heterocycles. The molecule has 2 atom stereocenters. The lowest BCUT2D eigenvalue weighted by atomic mass is 9.87. The molecule has 0 radical (unpaired) electrons. The summed E-state index contributed by atoms with van der Waals surface area (Å²) in [7, 11) is 1.70. The van der Waals surface area contributed by atoms with Gasteiger partial charge in [0.25, 0.3) is 0 Å². The number of ether oxygens (including phenoxy) is 2. The molecule has 1 rings (SSSR count). The molecule has 1 fully saturated rings. The topological polar surface area (TPSA) is 42.2 Å². The molecule has 0 amide bonds. The fourth-order valence-electron chi connectivity index (χ4n) is 2.99. The predicted molar refractivity (Wildman–Crippen MR) is 86.1 cm³/mol. The third-order valence-corrected chi connectivity index (χ3v) is 4.21. The molecule has 0 saturated carbocycles. The van der Waals surface area contributed by atoms with Crippen LogP contribution >= 0.6 is 0 Å². The van der Waals surface area contributed by atoms with E-state index in [1.807, 2.05) is 6.08 Å². The standard InChI is InChI=1S/C18H31NO2/c1-3-4-7-11-17-12-10-14-18(16-19,21-17)13-8-5-6-9-15-20-2/h6,9,17H,3-5,7-8,10-15H2,1-2H3/b9-6-/t17-,18+/m0/s1. The van der Waals surface area contributed by atoms with Gasteiger partial charge in [0, 0.05) is 7.11 Å². The lowest BCUT2D eigenvalue weighted by Gasteiger charge is -2.36. The Morgan fingerprint density at radius 3 is 2.90 bits per heavy atom. The highest BCUT2D eigenvalue weighted by Gasteiger charge is 2.36. The van der Waals surface area contributed by atoms with Crippen molar-refractivity contribution in [3.05, 3.63) is 12.2 Å². The van der Waals surface area contributed by atoms with Gasteiger partial charge in [-0.25, -0.2) is 0 Å². The van der Waals surface area contributed by atoms with Crippen molar-refractivity contribution in [1.29, 1.82) is 5.26 Å². The smallest absolute Gasteiger partial charge is 0.154 e. The monoisotopic (exact) mass is 293 g/mol. The van der Waals surface area contributed by atoms with Crippen molar-refractivity contribution in [3.8, 4) is 6.07 Å². The van der Waals surface area contributed by atoms with Gasteiger partial charge in [0.1, 0.15) is 0 Å². The van der Waals surface area contributed by atoms with E-state index in [4.69, 9.17) is 9.47 Å². The Morgan fingerprint density at radius 1 is 1.33 bits per heavy atom. The predicted octanol–water partition coefficient (Wildman–Crippen LogP) is 4.77. The normalized spacial score (nSPS) is 26.0. The molecule has 0 aromatic rings. The van der Waals surface area contributed by atoms with E-state index in [2.05, 4.69) is 19.1 Å². The highest BCUT2D eigenvalue weighted by Crippen LogP contribution is 2.34. The first-order chi connectivity index (χ1) is 10.3. The molecular weight excluding hydrogens is 262 g/mol. The highest BCUT2D eigenvalue weighted by molar-refractivity contribution is 5.04. The second-order valence-electron chi connectivity index (χ2n) is 6.05. The van der Waals surface area contributed by atoms with Gasteiger partial charge in [-0.1, -0.05) is 38.3 Å². The Labute approximate surface area is 130 Å². The summed E-state index contributed by atoms with van der Waals surface area (Å²) in [5.41, 5.74) is -0.524. The summed E-state index contributed by atoms with van der Waals surface area (Å²) in [6.45, 7) is 2.89.